The van der Waals surface area contributed by atoms with Gasteiger partial charge in [0, 0.05) is 32.2 Å². The van der Waals surface area contributed by atoms with Crippen LogP contribution in [0.15, 0.2) is 59.5 Å². The Morgan fingerprint density at radius 1 is 0.920 bits per heavy atom. The minimum Gasteiger partial charge on any atom is -0.337 e. The van der Waals surface area contributed by atoms with Crippen molar-refractivity contribution in [3.8, 4) is 0 Å². The maximum atomic E-state index is 12.5. The zero-order valence-electron chi connectivity index (χ0n) is 14.8. The molecule has 0 atom stereocenters. The topological polar surface area (TPSA) is 57.7 Å². The van der Waals surface area contributed by atoms with Crippen molar-refractivity contribution >= 4 is 15.9 Å². The number of rotatable bonds is 7. The van der Waals surface area contributed by atoms with Crippen LogP contribution in [0.25, 0.3) is 0 Å². The van der Waals surface area contributed by atoms with Gasteiger partial charge in [-0.1, -0.05) is 44.2 Å². The number of carbonyl (C=O) groups is 1. The average molecular weight is 360 g/mol. The summed E-state index contributed by atoms with van der Waals surface area (Å²) >= 11 is 0. The third kappa shape index (κ3) is 4.46. The van der Waals surface area contributed by atoms with Crippen LogP contribution in [0.1, 0.15) is 29.8 Å². The van der Waals surface area contributed by atoms with Gasteiger partial charge in [0.25, 0.3) is 5.91 Å². The van der Waals surface area contributed by atoms with Crippen molar-refractivity contribution in [3.63, 3.8) is 0 Å². The molecule has 0 bridgehead atoms. The molecule has 0 spiro atoms. The minimum atomic E-state index is -3.50. The Balaban J connectivity index is 2.15. The zero-order chi connectivity index (χ0) is 18.4. The lowest BCUT2D eigenvalue weighted by atomic mass is 10.1. The molecule has 0 fully saturated rings. The van der Waals surface area contributed by atoms with Crippen LogP contribution in [0, 0.1) is 0 Å². The number of carbonyl (C=O) groups excluding carboxylic acids is 1. The molecule has 2 aromatic rings. The number of sulfonamides is 1. The summed E-state index contributed by atoms with van der Waals surface area (Å²) in [5, 5.41) is 0. The van der Waals surface area contributed by atoms with Gasteiger partial charge in [0.05, 0.1) is 4.90 Å². The molecule has 2 rings (SSSR count). The quantitative estimate of drug-likeness (QED) is 0.763. The highest BCUT2D eigenvalue weighted by Gasteiger charge is 2.22. The molecule has 0 N–H and O–H groups in total. The van der Waals surface area contributed by atoms with E-state index in [1.54, 1.807) is 37.9 Å². The fourth-order valence-corrected chi connectivity index (χ4v) is 4.09. The largest absolute Gasteiger partial charge is 0.337 e. The van der Waals surface area contributed by atoms with Crippen molar-refractivity contribution in [1.29, 1.82) is 0 Å². The first-order chi connectivity index (χ1) is 11.9. The van der Waals surface area contributed by atoms with Gasteiger partial charge in [-0.2, -0.15) is 4.31 Å². The molecule has 0 aliphatic rings. The summed E-state index contributed by atoms with van der Waals surface area (Å²) in [7, 11) is -1.77. The van der Waals surface area contributed by atoms with Crippen LogP contribution in [-0.4, -0.2) is 43.7 Å². The van der Waals surface area contributed by atoms with E-state index in [-0.39, 0.29) is 10.8 Å². The highest BCUT2D eigenvalue weighted by atomic mass is 32.2. The van der Waals surface area contributed by atoms with Gasteiger partial charge in [-0.25, -0.2) is 8.42 Å². The van der Waals surface area contributed by atoms with Crippen LogP contribution >= 0.6 is 0 Å². The Bertz CT molecular complexity index is 798. The summed E-state index contributed by atoms with van der Waals surface area (Å²) in [6.45, 7) is 4.94. The molecule has 6 heteroatoms. The zero-order valence-corrected chi connectivity index (χ0v) is 15.7. The maximum absolute atomic E-state index is 12.5. The molecule has 0 heterocycles. The third-order valence-electron chi connectivity index (χ3n) is 4.05. The van der Waals surface area contributed by atoms with E-state index in [4.69, 9.17) is 0 Å². The van der Waals surface area contributed by atoms with E-state index < -0.39 is 10.0 Å². The highest BCUT2D eigenvalue weighted by molar-refractivity contribution is 7.89. The Kier molecular flexibility index (Phi) is 6.33. The van der Waals surface area contributed by atoms with Crippen LogP contribution in [0.3, 0.4) is 0 Å². The SMILES string of the molecule is CCN(CC)S(=O)(=O)c1ccc(C(=O)N(C)Cc2ccccc2)cc1. The Morgan fingerprint density at radius 2 is 1.48 bits per heavy atom. The van der Waals surface area contributed by atoms with Gasteiger partial charge in [-0.05, 0) is 29.8 Å². The highest BCUT2D eigenvalue weighted by Crippen LogP contribution is 2.17. The fourth-order valence-electron chi connectivity index (χ4n) is 2.63. The Hall–Kier alpha value is -2.18. The molecule has 134 valence electrons. The van der Waals surface area contributed by atoms with Crippen molar-refractivity contribution in [2.45, 2.75) is 25.3 Å². The van der Waals surface area contributed by atoms with E-state index in [0.29, 0.717) is 25.2 Å². The Labute approximate surface area is 149 Å². The number of benzene rings is 2. The molecular formula is C19H24N2O3S. The standard InChI is InChI=1S/C19H24N2O3S/c1-4-21(5-2)25(23,24)18-13-11-17(12-14-18)19(22)20(3)15-16-9-7-6-8-10-16/h6-14H,4-5,15H2,1-3H3. The molecule has 0 aliphatic carbocycles. The van der Waals surface area contributed by atoms with Crippen LogP contribution < -0.4 is 0 Å². The molecule has 0 unspecified atom stereocenters. The third-order valence-corrected chi connectivity index (χ3v) is 6.12. The molecule has 2 aromatic carbocycles. The van der Waals surface area contributed by atoms with Crippen molar-refractivity contribution < 1.29 is 13.2 Å². The predicted molar refractivity (Wildman–Crippen MR) is 98.8 cm³/mol. The Morgan fingerprint density at radius 3 is 2.00 bits per heavy atom. The normalized spacial score (nSPS) is 11.5. The van der Waals surface area contributed by atoms with Crippen molar-refractivity contribution in [3.05, 3.63) is 65.7 Å². The fraction of sp³-hybridized carbons (Fsp3) is 0.316. The number of nitrogens with zero attached hydrogens (tertiary/aromatic N) is 2. The summed E-state index contributed by atoms with van der Waals surface area (Å²) in [4.78, 5) is 14.3. The predicted octanol–water partition coefficient (Wildman–Crippen LogP) is 2.99. The van der Waals surface area contributed by atoms with E-state index in [9.17, 15) is 13.2 Å². The molecular weight excluding hydrogens is 336 g/mol. The lowest BCUT2D eigenvalue weighted by Crippen LogP contribution is -2.30. The monoisotopic (exact) mass is 360 g/mol. The second-order valence-electron chi connectivity index (χ2n) is 5.76. The number of hydrogen-bond acceptors (Lipinski definition) is 3. The molecule has 5 nitrogen and oxygen atoms in total. The summed E-state index contributed by atoms with van der Waals surface area (Å²) in [5.74, 6) is -0.143. The summed E-state index contributed by atoms with van der Waals surface area (Å²) < 4.78 is 26.4. The van der Waals surface area contributed by atoms with Crippen LogP contribution in [0.5, 0.6) is 0 Å². The van der Waals surface area contributed by atoms with Gasteiger partial charge >= 0.3 is 0 Å². The van der Waals surface area contributed by atoms with E-state index in [0.717, 1.165) is 5.56 Å². The molecule has 0 aromatic heterocycles. The molecule has 1 amide bonds. The first kappa shape index (κ1) is 19.1. The molecule has 0 saturated carbocycles. The number of amides is 1. The molecule has 25 heavy (non-hydrogen) atoms. The molecule has 0 saturated heterocycles. The van der Waals surface area contributed by atoms with Gasteiger partial charge in [0.1, 0.15) is 0 Å². The van der Waals surface area contributed by atoms with E-state index in [1.165, 1.54) is 16.4 Å². The van der Waals surface area contributed by atoms with E-state index in [2.05, 4.69) is 0 Å². The van der Waals surface area contributed by atoms with Crippen LogP contribution in [-0.2, 0) is 16.6 Å². The van der Waals surface area contributed by atoms with Crippen LogP contribution in [0.4, 0.5) is 0 Å². The second kappa shape index (κ2) is 8.27. The van der Waals surface area contributed by atoms with E-state index in [1.807, 2.05) is 30.3 Å². The first-order valence-electron chi connectivity index (χ1n) is 8.29. The van der Waals surface area contributed by atoms with Crippen molar-refractivity contribution in [2.75, 3.05) is 20.1 Å². The second-order valence-corrected chi connectivity index (χ2v) is 7.70. The van der Waals surface area contributed by atoms with Gasteiger partial charge in [-0.3, -0.25) is 4.79 Å². The smallest absolute Gasteiger partial charge is 0.253 e. The van der Waals surface area contributed by atoms with Crippen molar-refractivity contribution in [2.24, 2.45) is 0 Å². The average Bonchev–Trinajstić information content (AvgIpc) is 2.63. The van der Waals surface area contributed by atoms with Gasteiger partial charge in [0.15, 0.2) is 0 Å². The first-order valence-corrected chi connectivity index (χ1v) is 9.73. The summed E-state index contributed by atoms with van der Waals surface area (Å²) in [6, 6.07) is 15.9. The number of hydrogen-bond donors (Lipinski definition) is 0. The maximum Gasteiger partial charge on any atom is 0.253 e. The minimum absolute atomic E-state index is 0.143. The van der Waals surface area contributed by atoms with Gasteiger partial charge < -0.3 is 4.90 Å². The van der Waals surface area contributed by atoms with E-state index >= 15 is 0 Å². The van der Waals surface area contributed by atoms with Gasteiger partial charge in [0.2, 0.25) is 10.0 Å². The molecule has 0 radical (unpaired) electrons. The van der Waals surface area contributed by atoms with Gasteiger partial charge in [-0.15, -0.1) is 0 Å². The lowest BCUT2D eigenvalue weighted by molar-refractivity contribution is 0.0785. The summed E-state index contributed by atoms with van der Waals surface area (Å²) in [6.07, 6.45) is 0. The molecule has 0 aliphatic heterocycles. The summed E-state index contributed by atoms with van der Waals surface area (Å²) in [5.41, 5.74) is 1.51. The lowest BCUT2D eigenvalue weighted by Gasteiger charge is -2.19. The van der Waals surface area contributed by atoms with Crippen LogP contribution in [0.2, 0.25) is 0 Å². The van der Waals surface area contributed by atoms with Crippen molar-refractivity contribution in [1.82, 2.24) is 9.21 Å².